The largest absolute Gasteiger partial charge is 0.0622 e. The molecule has 0 nitrogen and oxygen atoms in total. The van der Waals surface area contributed by atoms with Gasteiger partial charge in [0.2, 0.25) is 0 Å². The fourth-order valence-electron chi connectivity index (χ4n) is 4.55. The van der Waals surface area contributed by atoms with Crippen LogP contribution in [0.2, 0.25) is 0 Å². The van der Waals surface area contributed by atoms with Crippen LogP contribution in [0, 0.1) is 23.7 Å². The van der Waals surface area contributed by atoms with Crippen molar-refractivity contribution in [3.63, 3.8) is 0 Å². The Labute approximate surface area is 205 Å². The zero-order valence-electron chi connectivity index (χ0n) is 21.1. The summed E-state index contributed by atoms with van der Waals surface area (Å²) in [4.78, 5) is 0. The quantitative estimate of drug-likeness (QED) is 0.242. The van der Waals surface area contributed by atoms with Crippen LogP contribution in [0.5, 0.6) is 0 Å². The average Bonchev–Trinajstić information content (AvgIpc) is 2.80. The van der Waals surface area contributed by atoms with Crippen LogP contribution in [0.25, 0.3) is 10.8 Å². The molecule has 0 radical (unpaired) electrons. The zero-order valence-corrected chi connectivity index (χ0v) is 21.1. The lowest BCUT2D eigenvalue weighted by Crippen LogP contribution is -2.17. The van der Waals surface area contributed by atoms with Crippen molar-refractivity contribution in [2.75, 3.05) is 0 Å². The van der Waals surface area contributed by atoms with Crippen molar-refractivity contribution >= 4 is 10.8 Å². The van der Waals surface area contributed by atoms with Gasteiger partial charge in [-0.05, 0) is 69.1 Å². The number of fused-ring (bicyclic) bond motifs is 1. The highest BCUT2D eigenvalue weighted by Crippen LogP contribution is 2.39. The third-order valence-electron chi connectivity index (χ3n) is 5.93. The van der Waals surface area contributed by atoms with Crippen molar-refractivity contribution in [3.8, 4) is 23.7 Å². The lowest BCUT2D eigenvalue weighted by atomic mass is 9.75. The van der Waals surface area contributed by atoms with E-state index in [0.29, 0.717) is 0 Å². The molecule has 0 bridgehead atoms. The first-order chi connectivity index (χ1) is 16.1. The Morgan fingerprint density at radius 3 is 1.09 bits per heavy atom. The minimum atomic E-state index is -0.0490. The predicted molar refractivity (Wildman–Crippen MR) is 146 cm³/mol. The Bertz CT molecular complexity index is 1320. The summed E-state index contributed by atoms with van der Waals surface area (Å²) in [5.41, 5.74) is 6.73. The molecule has 168 valence electrons. The standard InChI is InChI=1S/C34H32/c1-33(2,3)31-27(19-17-25-13-9-7-10-14-25)21-24-30-29(31)23-22-28(32(30)34(4,5)6)20-18-26-15-11-8-12-16-26/h7-16,21-24H,1-6H3. The van der Waals surface area contributed by atoms with Crippen LogP contribution < -0.4 is 0 Å². The Balaban J connectivity index is 1.96. The van der Waals surface area contributed by atoms with Crippen molar-refractivity contribution in [1.29, 1.82) is 0 Å². The summed E-state index contributed by atoms with van der Waals surface area (Å²) in [7, 11) is 0. The number of benzene rings is 4. The Kier molecular flexibility index (Phi) is 6.37. The predicted octanol–water partition coefficient (Wildman–Crippen LogP) is 8.23. The van der Waals surface area contributed by atoms with Crippen LogP contribution in [0.1, 0.15) is 74.9 Å². The maximum atomic E-state index is 3.47. The van der Waals surface area contributed by atoms with Gasteiger partial charge in [-0.2, -0.15) is 0 Å². The van der Waals surface area contributed by atoms with Crippen LogP contribution in [0.15, 0.2) is 84.9 Å². The van der Waals surface area contributed by atoms with Crippen LogP contribution in [-0.2, 0) is 10.8 Å². The van der Waals surface area contributed by atoms with Gasteiger partial charge in [0.25, 0.3) is 0 Å². The van der Waals surface area contributed by atoms with E-state index in [-0.39, 0.29) is 10.8 Å². The molecule has 0 atom stereocenters. The summed E-state index contributed by atoms with van der Waals surface area (Å²) in [6.45, 7) is 13.6. The molecule has 0 unspecified atom stereocenters. The van der Waals surface area contributed by atoms with Crippen molar-refractivity contribution in [2.45, 2.75) is 52.4 Å². The van der Waals surface area contributed by atoms with Crippen LogP contribution in [-0.4, -0.2) is 0 Å². The molecule has 0 saturated heterocycles. The van der Waals surface area contributed by atoms with E-state index >= 15 is 0 Å². The van der Waals surface area contributed by atoms with Gasteiger partial charge >= 0.3 is 0 Å². The van der Waals surface area contributed by atoms with Crippen molar-refractivity contribution in [2.24, 2.45) is 0 Å². The third-order valence-corrected chi connectivity index (χ3v) is 5.93. The smallest absolute Gasteiger partial charge is 0.0292 e. The van der Waals surface area contributed by atoms with Gasteiger partial charge in [-0.3, -0.25) is 0 Å². The van der Waals surface area contributed by atoms with E-state index in [1.54, 1.807) is 0 Å². The first-order valence-electron chi connectivity index (χ1n) is 11.9. The van der Waals surface area contributed by atoms with E-state index in [1.165, 1.54) is 21.9 Å². The van der Waals surface area contributed by atoms with E-state index in [0.717, 1.165) is 22.3 Å². The molecule has 0 heteroatoms. The molecule has 0 heterocycles. The monoisotopic (exact) mass is 440 g/mol. The molecule has 34 heavy (non-hydrogen) atoms. The van der Waals surface area contributed by atoms with E-state index < -0.39 is 0 Å². The molecule has 0 amide bonds. The molecule has 0 saturated carbocycles. The molecular formula is C34H32. The lowest BCUT2D eigenvalue weighted by Gasteiger charge is -2.28. The molecule has 0 spiro atoms. The summed E-state index contributed by atoms with van der Waals surface area (Å²) in [6.07, 6.45) is 0. The van der Waals surface area contributed by atoms with Crippen molar-refractivity contribution in [1.82, 2.24) is 0 Å². The lowest BCUT2D eigenvalue weighted by molar-refractivity contribution is 0.589. The highest BCUT2D eigenvalue weighted by molar-refractivity contribution is 5.93. The second kappa shape index (κ2) is 9.25. The average molecular weight is 441 g/mol. The molecule has 0 aromatic heterocycles. The minimum Gasteiger partial charge on any atom is -0.0622 e. The highest BCUT2D eigenvalue weighted by atomic mass is 14.3. The van der Waals surface area contributed by atoms with Gasteiger partial charge < -0.3 is 0 Å². The normalized spacial score (nSPS) is 11.4. The van der Waals surface area contributed by atoms with Gasteiger partial charge in [-0.1, -0.05) is 114 Å². The highest BCUT2D eigenvalue weighted by Gasteiger charge is 2.25. The van der Waals surface area contributed by atoms with Crippen molar-refractivity contribution in [3.05, 3.63) is 118 Å². The summed E-state index contributed by atoms with van der Waals surface area (Å²) < 4.78 is 0. The van der Waals surface area contributed by atoms with E-state index in [4.69, 9.17) is 0 Å². The molecule has 0 aliphatic carbocycles. The van der Waals surface area contributed by atoms with E-state index in [9.17, 15) is 0 Å². The summed E-state index contributed by atoms with van der Waals surface area (Å²) >= 11 is 0. The number of hydrogen-bond donors (Lipinski definition) is 0. The van der Waals surface area contributed by atoms with Crippen LogP contribution in [0.4, 0.5) is 0 Å². The molecule has 0 N–H and O–H groups in total. The second-order valence-corrected chi connectivity index (χ2v) is 10.8. The number of rotatable bonds is 0. The molecule has 4 rings (SSSR count). The van der Waals surface area contributed by atoms with Gasteiger partial charge in [-0.25, -0.2) is 0 Å². The zero-order chi connectivity index (χ0) is 24.3. The Hall–Kier alpha value is -3.74. The molecular weight excluding hydrogens is 408 g/mol. The molecule has 0 fully saturated rings. The first-order valence-corrected chi connectivity index (χ1v) is 11.9. The van der Waals surface area contributed by atoms with Gasteiger partial charge in [0.05, 0.1) is 0 Å². The van der Waals surface area contributed by atoms with E-state index in [2.05, 4.69) is 114 Å². The van der Waals surface area contributed by atoms with Crippen LogP contribution >= 0.6 is 0 Å². The molecule has 4 aromatic carbocycles. The Morgan fingerprint density at radius 2 is 0.765 bits per heavy atom. The summed E-state index contributed by atoms with van der Waals surface area (Å²) in [6, 6.07) is 29.3. The maximum absolute atomic E-state index is 3.47. The fraction of sp³-hybridized carbons (Fsp3) is 0.235. The topological polar surface area (TPSA) is 0 Å². The SMILES string of the molecule is CC(C)(C)c1c(C#Cc2ccccc2)ccc2c(C(C)(C)C)c(C#Cc3ccccc3)ccc12. The summed E-state index contributed by atoms with van der Waals surface area (Å²) in [5.74, 6) is 13.7. The molecule has 4 aromatic rings. The van der Waals surface area contributed by atoms with Crippen LogP contribution in [0.3, 0.4) is 0 Å². The van der Waals surface area contributed by atoms with Crippen molar-refractivity contribution < 1.29 is 0 Å². The second-order valence-electron chi connectivity index (χ2n) is 10.8. The Morgan fingerprint density at radius 1 is 0.412 bits per heavy atom. The minimum absolute atomic E-state index is 0.0490. The maximum Gasteiger partial charge on any atom is 0.0292 e. The third kappa shape index (κ3) is 5.09. The molecule has 0 aliphatic rings. The van der Waals surface area contributed by atoms with Gasteiger partial charge in [0.1, 0.15) is 0 Å². The van der Waals surface area contributed by atoms with E-state index in [1.807, 2.05) is 36.4 Å². The number of hydrogen-bond acceptors (Lipinski definition) is 0. The van der Waals surface area contributed by atoms with Gasteiger partial charge in [0.15, 0.2) is 0 Å². The molecule has 0 aliphatic heterocycles. The fourth-order valence-corrected chi connectivity index (χ4v) is 4.55. The van der Waals surface area contributed by atoms with Gasteiger partial charge in [0, 0.05) is 22.3 Å². The van der Waals surface area contributed by atoms with Gasteiger partial charge in [-0.15, -0.1) is 0 Å². The summed E-state index contributed by atoms with van der Waals surface area (Å²) in [5, 5.41) is 2.53. The first kappa shape index (κ1) is 23.4.